The highest BCUT2D eigenvalue weighted by Crippen LogP contribution is 2.34. The van der Waals surface area contributed by atoms with Gasteiger partial charge in [0.1, 0.15) is 11.6 Å². The Labute approximate surface area is 126 Å². The third-order valence-electron chi connectivity index (χ3n) is 3.85. The van der Waals surface area contributed by atoms with E-state index in [0.29, 0.717) is 37.7 Å². The summed E-state index contributed by atoms with van der Waals surface area (Å²) in [5, 5.41) is 17.7. The molecule has 22 heavy (non-hydrogen) atoms. The lowest BCUT2D eigenvalue weighted by Crippen LogP contribution is -2.25. The average Bonchev–Trinajstić information content (AvgIpc) is 3.08. The lowest BCUT2D eigenvalue weighted by atomic mass is 10.0. The molecule has 0 radical (unpaired) electrons. The maximum absolute atomic E-state index is 14.0. The van der Waals surface area contributed by atoms with Crippen LogP contribution in [-0.4, -0.2) is 32.9 Å². The maximum atomic E-state index is 14.0. The quantitative estimate of drug-likeness (QED) is 0.938. The summed E-state index contributed by atoms with van der Waals surface area (Å²) in [5.41, 5.74) is 0.242. The van der Waals surface area contributed by atoms with E-state index in [0.717, 1.165) is 12.1 Å². The summed E-state index contributed by atoms with van der Waals surface area (Å²) in [7, 11) is 0. The second-order valence-corrected chi connectivity index (χ2v) is 5.44. The van der Waals surface area contributed by atoms with Gasteiger partial charge in [-0.05, 0) is 24.6 Å². The molecule has 2 atom stereocenters. The molecule has 5 nitrogen and oxygen atoms in total. The van der Waals surface area contributed by atoms with Gasteiger partial charge >= 0.3 is 0 Å². The monoisotopic (exact) mass is 309 g/mol. The van der Waals surface area contributed by atoms with Crippen LogP contribution in [-0.2, 0) is 13.0 Å². The number of aliphatic hydroxyl groups is 1. The summed E-state index contributed by atoms with van der Waals surface area (Å²) in [6, 6.07) is 2.95. The molecule has 118 valence electrons. The Kier molecular flexibility index (Phi) is 4.17. The number of rotatable bonds is 4. The van der Waals surface area contributed by atoms with Crippen molar-refractivity contribution >= 4 is 0 Å². The number of β-amino-alcohol motifs (C(OH)–C–C–N with tert-alkyl or cyclic N) is 1. The topological polar surface area (TPSA) is 62.4 Å². The van der Waals surface area contributed by atoms with Gasteiger partial charge in [0.05, 0.1) is 12.6 Å². The molecule has 1 N–H and O–H groups in total. The fraction of sp³-hybridized carbons (Fsp3) is 0.467. The Morgan fingerprint density at radius 3 is 2.82 bits per heavy atom. The van der Waals surface area contributed by atoms with Crippen molar-refractivity contribution in [3.8, 4) is 0 Å². The van der Waals surface area contributed by atoms with Gasteiger partial charge in [-0.1, -0.05) is 6.92 Å². The highest BCUT2D eigenvalue weighted by Gasteiger charge is 2.34. The highest BCUT2D eigenvalue weighted by molar-refractivity contribution is 5.24. The molecule has 1 saturated heterocycles. The van der Waals surface area contributed by atoms with Crippen molar-refractivity contribution in [1.82, 2.24) is 15.1 Å². The molecule has 0 saturated carbocycles. The van der Waals surface area contributed by atoms with E-state index in [9.17, 15) is 13.9 Å². The van der Waals surface area contributed by atoms with Gasteiger partial charge in [0.25, 0.3) is 0 Å². The Morgan fingerprint density at radius 1 is 1.32 bits per heavy atom. The number of benzene rings is 1. The molecule has 7 heteroatoms. The van der Waals surface area contributed by atoms with Gasteiger partial charge in [-0.25, -0.2) is 8.78 Å². The van der Waals surface area contributed by atoms with E-state index < -0.39 is 23.8 Å². The van der Waals surface area contributed by atoms with Crippen LogP contribution in [0.5, 0.6) is 0 Å². The van der Waals surface area contributed by atoms with Gasteiger partial charge in [-0.2, -0.15) is 0 Å². The molecule has 2 heterocycles. The predicted octanol–water partition coefficient (Wildman–Crippen LogP) is 2.22. The van der Waals surface area contributed by atoms with E-state index in [2.05, 4.69) is 10.2 Å². The number of nitrogens with zero attached hydrogens (tertiary/aromatic N) is 3. The van der Waals surface area contributed by atoms with Crippen molar-refractivity contribution < 1.29 is 18.3 Å². The first-order chi connectivity index (χ1) is 10.6. The first kappa shape index (κ1) is 15.1. The van der Waals surface area contributed by atoms with Crippen LogP contribution in [0.4, 0.5) is 8.78 Å². The maximum Gasteiger partial charge on any atom is 0.230 e. The second kappa shape index (κ2) is 6.10. The third kappa shape index (κ3) is 3.00. The number of aliphatic hydroxyl groups excluding tert-OH is 1. The molecule has 0 spiro atoms. The number of hydrogen-bond donors (Lipinski definition) is 1. The number of aryl methyl sites for hydroxylation is 1. The van der Waals surface area contributed by atoms with Gasteiger partial charge in [0.2, 0.25) is 11.8 Å². The van der Waals surface area contributed by atoms with Gasteiger partial charge < -0.3 is 9.52 Å². The van der Waals surface area contributed by atoms with Crippen LogP contribution in [0.3, 0.4) is 0 Å². The van der Waals surface area contributed by atoms with Crippen molar-refractivity contribution in [1.29, 1.82) is 0 Å². The number of hydrogen-bond acceptors (Lipinski definition) is 5. The second-order valence-electron chi connectivity index (χ2n) is 5.44. The lowest BCUT2D eigenvalue weighted by Gasteiger charge is -2.23. The van der Waals surface area contributed by atoms with E-state index >= 15 is 0 Å². The molecule has 0 unspecified atom stereocenters. The molecular formula is C15H17F2N3O2. The first-order valence-corrected chi connectivity index (χ1v) is 7.25. The van der Waals surface area contributed by atoms with Crippen LogP contribution in [0, 0.1) is 11.6 Å². The minimum atomic E-state index is -0.596. The van der Waals surface area contributed by atoms with Crippen LogP contribution >= 0.6 is 0 Å². The summed E-state index contributed by atoms with van der Waals surface area (Å²) in [6.07, 6.45) is 0.383. The Bertz CT molecular complexity index is 662. The standard InChI is InChI=1S/C15H17F2N3O2/c1-2-14-18-19-15(22-14)8-20-7-10(21)6-13(20)11-5-9(16)3-4-12(11)17/h3-5,10,13,21H,2,6-8H2,1H3/t10-,13+/m1/s1. The molecule has 2 aromatic rings. The minimum absolute atomic E-state index is 0.242. The number of aromatic nitrogens is 2. The molecule has 1 aliphatic rings. The molecule has 1 aromatic carbocycles. The molecule has 1 fully saturated rings. The summed E-state index contributed by atoms with van der Waals surface area (Å²) < 4.78 is 32.9. The van der Waals surface area contributed by atoms with E-state index in [4.69, 9.17) is 4.42 Å². The molecule has 0 aliphatic carbocycles. The highest BCUT2D eigenvalue weighted by atomic mass is 19.1. The van der Waals surface area contributed by atoms with Crippen LogP contribution < -0.4 is 0 Å². The van der Waals surface area contributed by atoms with Gasteiger partial charge in [-0.15, -0.1) is 10.2 Å². The predicted molar refractivity (Wildman–Crippen MR) is 73.8 cm³/mol. The normalized spacial score (nSPS) is 22.4. The summed E-state index contributed by atoms with van der Waals surface area (Å²) >= 11 is 0. The van der Waals surface area contributed by atoms with E-state index in [1.807, 2.05) is 11.8 Å². The van der Waals surface area contributed by atoms with Gasteiger partial charge in [0, 0.05) is 24.6 Å². The average molecular weight is 309 g/mol. The molecule has 3 rings (SSSR count). The van der Waals surface area contributed by atoms with E-state index in [1.165, 1.54) is 6.07 Å². The Hall–Kier alpha value is -1.86. The fourth-order valence-electron chi connectivity index (χ4n) is 2.82. The molecular weight excluding hydrogens is 292 g/mol. The van der Waals surface area contributed by atoms with Crippen LogP contribution in [0.2, 0.25) is 0 Å². The zero-order valence-corrected chi connectivity index (χ0v) is 12.2. The smallest absolute Gasteiger partial charge is 0.230 e. The zero-order valence-electron chi connectivity index (χ0n) is 12.2. The first-order valence-electron chi connectivity index (χ1n) is 7.25. The molecule has 0 bridgehead atoms. The van der Waals surface area contributed by atoms with Crippen molar-refractivity contribution in [3.05, 3.63) is 47.2 Å². The summed E-state index contributed by atoms with van der Waals surface area (Å²) in [6.45, 7) is 2.55. The molecule has 1 aliphatic heterocycles. The van der Waals surface area contributed by atoms with E-state index in [1.54, 1.807) is 0 Å². The van der Waals surface area contributed by atoms with Crippen molar-refractivity contribution in [2.24, 2.45) is 0 Å². The minimum Gasteiger partial charge on any atom is -0.424 e. The molecule has 1 aromatic heterocycles. The zero-order chi connectivity index (χ0) is 15.7. The van der Waals surface area contributed by atoms with Crippen LogP contribution in [0.25, 0.3) is 0 Å². The summed E-state index contributed by atoms with van der Waals surface area (Å²) in [4.78, 5) is 1.83. The van der Waals surface area contributed by atoms with Crippen LogP contribution in [0.1, 0.15) is 36.7 Å². The number of halogens is 2. The molecule has 0 amide bonds. The SMILES string of the molecule is CCc1nnc(CN2C[C@H](O)C[C@H]2c2cc(F)ccc2F)o1. The van der Waals surface area contributed by atoms with Crippen molar-refractivity contribution in [2.75, 3.05) is 6.54 Å². The van der Waals surface area contributed by atoms with Gasteiger partial charge in [0.15, 0.2) is 0 Å². The largest absolute Gasteiger partial charge is 0.424 e. The van der Waals surface area contributed by atoms with Crippen molar-refractivity contribution in [3.63, 3.8) is 0 Å². The van der Waals surface area contributed by atoms with Crippen molar-refractivity contribution in [2.45, 2.75) is 38.5 Å². The lowest BCUT2D eigenvalue weighted by molar-refractivity contribution is 0.166. The Balaban J connectivity index is 1.84. The number of likely N-dealkylation sites (tertiary alicyclic amines) is 1. The third-order valence-corrected chi connectivity index (χ3v) is 3.85. The summed E-state index contributed by atoms with van der Waals surface area (Å²) in [5.74, 6) is -0.0370. The van der Waals surface area contributed by atoms with Gasteiger partial charge in [-0.3, -0.25) is 4.90 Å². The van der Waals surface area contributed by atoms with Crippen LogP contribution in [0.15, 0.2) is 22.6 Å². The van der Waals surface area contributed by atoms with E-state index in [-0.39, 0.29) is 5.56 Å². The fourth-order valence-corrected chi connectivity index (χ4v) is 2.82. The Morgan fingerprint density at radius 2 is 2.09 bits per heavy atom.